The van der Waals surface area contributed by atoms with Gasteiger partial charge >= 0.3 is 0 Å². The zero-order chi connectivity index (χ0) is 26.7. The van der Waals surface area contributed by atoms with Gasteiger partial charge < -0.3 is 19.9 Å². The van der Waals surface area contributed by atoms with E-state index >= 15 is 0 Å². The Hall–Kier alpha value is -2.70. The number of benzene rings is 2. The third-order valence-electron chi connectivity index (χ3n) is 9.59. The Labute approximate surface area is 233 Å². The van der Waals surface area contributed by atoms with Crippen LogP contribution in [0.1, 0.15) is 85.7 Å². The lowest BCUT2D eigenvalue weighted by Crippen LogP contribution is -2.54. The minimum Gasteiger partial charge on any atom is -0.368 e. The maximum atomic E-state index is 13.2. The summed E-state index contributed by atoms with van der Waals surface area (Å²) in [7, 11) is 0. The number of piperazine rings is 1. The summed E-state index contributed by atoms with van der Waals surface area (Å²) in [5, 5.41) is 3.75. The van der Waals surface area contributed by atoms with Gasteiger partial charge in [-0.3, -0.25) is 9.59 Å². The zero-order valence-corrected chi connectivity index (χ0v) is 23.3. The molecule has 2 amide bonds. The van der Waals surface area contributed by atoms with Gasteiger partial charge in [-0.1, -0.05) is 75.3 Å². The minimum atomic E-state index is -0.268. The van der Waals surface area contributed by atoms with E-state index in [2.05, 4.69) is 35.6 Å². The van der Waals surface area contributed by atoms with Gasteiger partial charge in [-0.15, -0.1) is 0 Å². The predicted molar refractivity (Wildman–Crippen MR) is 154 cm³/mol. The van der Waals surface area contributed by atoms with Crippen molar-refractivity contribution >= 4 is 11.8 Å². The molecule has 0 aromatic heterocycles. The molecular weight excluding hydrogens is 486 g/mol. The second kappa shape index (κ2) is 11.8. The van der Waals surface area contributed by atoms with Crippen LogP contribution in [0, 0.1) is 0 Å². The van der Waals surface area contributed by atoms with Crippen molar-refractivity contribution in [3.05, 3.63) is 59.2 Å². The summed E-state index contributed by atoms with van der Waals surface area (Å²) in [5.41, 5.74) is 6.38. The Bertz CT molecular complexity index is 1160. The lowest BCUT2D eigenvalue weighted by Gasteiger charge is -2.41. The van der Waals surface area contributed by atoms with Crippen molar-refractivity contribution in [2.45, 2.75) is 82.3 Å². The third kappa shape index (κ3) is 5.64. The fourth-order valence-corrected chi connectivity index (χ4v) is 7.07. The molecule has 0 radical (unpaired) electrons. The lowest BCUT2D eigenvalue weighted by atomic mass is 9.68. The van der Waals surface area contributed by atoms with E-state index < -0.39 is 0 Å². The standard InChI is InChI=1S/C33H43N3O3/c37-31(35-17-19-36(20-18-35)32(38)30-14-21-39-30)26-10-8-25(9-11-26)27-12-13-28-23-34-24-33(29(28)22-27)15-6-4-2-1-3-5-7-16-33/h8-13,22,30,34H,1-7,14-21,23-24H2. The van der Waals surface area contributed by atoms with Crippen molar-refractivity contribution in [2.24, 2.45) is 0 Å². The number of carbonyl (C=O) groups is 2. The second-order valence-corrected chi connectivity index (χ2v) is 12.1. The maximum Gasteiger partial charge on any atom is 0.253 e. The Balaban J connectivity index is 1.15. The van der Waals surface area contributed by atoms with Crippen LogP contribution in [0.3, 0.4) is 0 Å². The summed E-state index contributed by atoms with van der Waals surface area (Å²) in [6.07, 6.45) is 12.6. The molecule has 1 saturated carbocycles. The monoisotopic (exact) mass is 529 g/mol. The summed E-state index contributed by atoms with van der Waals surface area (Å²) in [4.78, 5) is 29.4. The van der Waals surface area contributed by atoms with Crippen molar-refractivity contribution < 1.29 is 14.3 Å². The molecule has 3 aliphatic heterocycles. The average Bonchev–Trinajstić information content (AvgIpc) is 2.95. The highest BCUT2D eigenvalue weighted by atomic mass is 16.5. The molecule has 2 aromatic rings. The number of nitrogens with zero attached hydrogens (tertiary/aromatic N) is 2. The molecule has 4 aliphatic rings. The smallest absolute Gasteiger partial charge is 0.253 e. The predicted octanol–water partition coefficient (Wildman–Crippen LogP) is 5.29. The largest absolute Gasteiger partial charge is 0.368 e. The van der Waals surface area contributed by atoms with E-state index in [-0.39, 0.29) is 23.3 Å². The first-order valence-electron chi connectivity index (χ1n) is 15.3. The molecule has 39 heavy (non-hydrogen) atoms. The van der Waals surface area contributed by atoms with Crippen LogP contribution in [0.5, 0.6) is 0 Å². The van der Waals surface area contributed by atoms with Gasteiger partial charge in [-0.25, -0.2) is 0 Å². The number of rotatable bonds is 3. The van der Waals surface area contributed by atoms with Crippen LogP contribution in [0.4, 0.5) is 0 Å². The topological polar surface area (TPSA) is 61.9 Å². The maximum absolute atomic E-state index is 13.2. The summed E-state index contributed by atoms with van der Waals surface area (Å²) in [5.74, 6) is 0.122. The highest BCUT2D eigenvalue weighted by Crippen LogP contribution is 2.42. The van der Waals surface area contributed by atoms with Crippen molar-refractivity contribution in [2.75, 3.05) is 39.3 Å². The van der Waals surface area contributed by atoms with Gasteiger partial charge in [0.2, 0.25) is 0 Å². The number of amides is 2. The Kier molecular flexibility index (Phi) is 8.03. The van der Waals surface area contributed by atoms with Crippen molar-refractivity contribution in [3.8, 4) is 11.1 Å². The Morgan fingerprint density at radius 1 is 0.795 bits per heavy atom. The molecule has 1 atom stereocenters. The molecule has 1 spiro atoms. The molecule has 6 heteroatoms. The molecule has 0 bridgehead atoms. The normalized spacial score (nSPS) is 23.5. The number of nitrogens with one attached hydrogen (secondary N) is 1. The first-order chi connectivity index (χ1) is 19.1. The van der Waals surface area contributed by atoms with Crippen LogP contribution in [0.2, 0.25) is 0 Å². The SMILES string of the molecule is O=C(c1ccc(-c2ccc3c(c2)C2(CCCCCCCCC2)CNC3)cc1)N1CCN(C(=O)C2CCO2)CC1. The summed E-state index contributed by atoms with van der Waals surface area (Å²) in [6, 6.07) is 15.2. The molecule has 1 N–H and O–H groups in total. The molecule has 6 nitrogen and oxygen atoms in total. The first-order valence-corrected chi connectivity index (χ1v) is 15.3. The first kappa shape index (κ1) is 26.5. The zero-order valence-electron chi connectivity index (χ0n) is 23.3. The molecule has 1 aliphatic carbocycles. The molecule has 1 unspecified atom stereocenters. The highest BCUT2D eigenvalue weighted by molar-refractivity contribution is 5.95. The number of fused-ring (bicyclic) bond motifs is 2. The van der Waals surface area contributed by atoms with Gasteiger partial charge in [0.05, 0.1) is 6.61 Å². The Morgan fingerprint density at radius 2 is 1.41 bits per heavy atom. The van der Waals surface area contributed by atoms with Crippen LogP contribution in [0.15, 0.2) is 42.5 Å². The van der Waals surface area contributed by atoms with Crippen LogP contribution in [-0.2, 0) is 21.5 Å². The molecule has 3 fully saturated rings. The highest BCUT2D eigenvalue weighted by Gasteiger charge is 2.36. The fourth-order valence-electron chi connectivity index (χ4n) is 7.07. The summed E-state index contributed by atoms with van der Waals surface area (Å²) in [6.45, 7) is 5.01. The van der Waals surface area contributed by atoms with Crippen LogP contribution in [-0.4, -0.2) is 67.0 Å². The van der Waals surface area contributed by atoms with E-state index in [0.29, 0.717) is 38.3 Å². The van der Waals surface area contributed by atoms with Crippen LogP contribution in [0.25, 0.3) is 11.1 Å². The van der Waals surface area contributed by atoms with Gasteiger partial charge in [0.1, 0.15) is 6.10 Å². The number of carbonyl (C=O) groups excluding carboxylic acids is 2. The van der Waals surface area contributed by atoms with E-state index in [0.717, 1.165) is 19.5 Å². The lowest BCUT2D eigenvalue weighted by molar-refractivity contribution is -0.157. The van der Waals surface area contributed by atoms with Crippen molar-refractivity contribution in [1.82, 2.24) is 15.1 Å². The van der Waals surface area contributed by atoms with Crippen LogP contribution < -0.4 is 5.32 Å². The summed E-state index contributed by atoms with van der Waals surface area (Å²) >= 11 is 0. The fraction of sp³-hybridized carbons (Fsp3) is 0.576. The molecule has 3 heterocycles. The van der Waals surface area contributed by atoms with Gasteiger partial charge in [-0.05, 0) is 47.2 Å². The minimum absolute atomic E-state index is 0.0468. The van der Waals surface area contributed by atoms with E-state index in [9.17, 15) is 9.59 Å². The Morgan fingerprint density at radius 3 is 2.05 bits per heavy atom. The second-order valence-electron chi connectivity index (χ2n) is 12.1. The molecule has 2 aromatic carbocycles. The van der Waals surface area contributed by atoms with Gasteiger partial charge in [0.25, 0.3) is 11.8 Å². The molecular formula is C33H43N3O3. The average molecular weight is 530 g/mol. The summed E-state index contributed by atoms with van der Waals surface area (Å²) < 4.78 is 5.35. The third-order valence-corrected chi connectivity index (χ3v) is 9.59. The van der Waals surface area contributed by atoms with Gasteiger partial charge in [0.15, 0.2) is 0 Å². The number of hydrogen-bond acceptors (Lipinski definition) is 4. The molecule has 6 rings (SSSR count). The van der Waals surface area contributed by atoms with E-state index in [4.69, 9.17) is 4.74 Å². The number of ether oxygens (including phenoxy) is 1. The van der Waals surface area contributed by atoms with Gasteiger partial charge in [-0.2, -0.15) is 0 Å². The van der Waals surface area contributed by atoms with Crippen molar-refractivity contribution in [3.63, 3.8) is 0 Å². The van der Waals surface area contributed by atoms with E-state index in [1.165, 1.54) is 74.5 Å². The molecule has 2 saturated heterocycles. The van der Waals surface area contributed by atoms with Gasteiger partial charge in [0, 0.05) is 56.7 Å². The molecule has 208 valence electrons. The number of hydrogen-bond donors (Lipinski definition) is 1. The quantitative estimate of drug-likeness (QED) is 0.587. The van der Waals surface area contributed by atoms with E-state index in [1.807, 2.05) is 21.9 Å². The van der Waals surface area contributed by atoms with E-state index in [1.54, 1.807) is 5.56 Å². The van der Waals surface area contributed by atoms with Crippen LogP contribution >= 0.6 is 0 Å². The van der Waals surface area contributed by atoms with Crippen molar-refractivity contribution in [1.29, 1.82) is 0 Å².